The Labute approximate surface area is 151 Å². The van der Waals surface area contributed by atoms with Gasteiger partial charge in [0, 0.05) is 24.2 Å². The number of benzene rings is 1. The number of hydrogen-bond donors (Lipinski definition) is 1. The first kappa shape index (κ1) is 18.4. The third-order valence-electron chi connectivity index (χ3n) is 4.26. The first-order chi connectivity index (χ1) is 10.6. The average molecular weight is 406 g/mol. The number of likely N-dealkylation sites (tertiary alicyclic amines) is 1. The van der Waals surface area contributed by atoms with Crippen LogP contribution < -0.4 is 15.2 Å². The molecule has 2 atom stereocenters. The average Bonchev–Trinajstić information content (AvgIpc) is 2.54. The van der Waals surface area contributed by atoms with Gasteiger partial charge in [-0.15, -0.1) is 12.4 Å². The number of piperidine rings is 1. The van der Waals surface area contributed by atoms with Crippen molar-refractivity contribution in [3.05, 3.63) is 22.2 Å². The van der Waals surface area contributed by atoms with E-state index in [1.807, 2.05) is 17.9 Å². The van der Waals surface area contributed by atoms with E-state index in [0.29, 0.717) is 30.3 Å². The Morgan fingerprint density at radius 3 is 2.83 bits per heavy atom. The van der Waals surface area contributed by atoms with Crippen LogP contribution in [0.3, 0.4) is 0 Å². The van der Waals surface area contributed by atoms with Crippen LogP contribution in [0.15, 0.2) is 16.6 Å². The van der Waals surface area contributed by atoms with Gasteiger partial charge < -0.3 is 20.1 Å². The smallest absolute Gasteiger partial charge is 0.254 e. The Morgan fingerprint density at radius 2 is 2.09 bits per heavy atom. The minimum atomic E-state index is -0.0232. The lowest BCUT2D eigenvalue weighted by Crippen LogP contribution is -2.51. The van der Waals surface area contributed by atoms with Crippen LogP contribution in [-0.4, -0.2) is 42.6 Å². The van der Waals surface area contributed by atoms with Gasteiger partial charge in [-0.2, -0.15) is 0 Å². The summed E-state index contributed by atoms with van der Waals surface area (Å²) < 4.78 is 11.9. The summed E-state index contributed by atoms with van der Waals surface area (Å²) in [6, 6.07) is 3.66. The topological polar surface area (TPSA) is 64.8 Å². The van der Waals surface area contributed by atoms with E-state index in [9.17, 15) is 4.79 Å². The van der Waals surface area contributed by atoms with Crippen LogP contribution in [-0.2, 0) is 0 Å². The van der Waals surface area contributed by atoms with E-state index in [4.69, 9.17) is 15.2 Å². The maximum absolute atomic E-state index is 12.9. The molecular formula is C16H22BrClN2O3. The van der Waals surface area contributed by atoms with Gasteiger partial charge >= 0.3 is 0 Å². The van der Waals surface area contributed by atoms with E-state index in [2.05, 4.69) is 15.9 Å². The van der Waals surface area contributed by atoms with Crippen molar-refractivity contribution in [3.63, 3.8) is 0 Å². The molecule has 23 heavy (non-hydrogen) atoms. The Kier molecular flexibility index (Phi) is 6.17. The highest BCUT2D eigenvalue weighted by Crippen LogP contribution is 2.39. The number of ether oxygens (including phenoxy) is 2. The molecule has 3 rings (SSSR count). The number of hydrogen-bond acceptors (Lipinski definition) is 4. The minimum absolute atomic E-state index is 0. The van der Waals surface area contributed by atoms with Crippen LogP contribution in [0.5, 0.6) is 11.5 Å². The lowest BCUT2D eigenvalue weighted by atomic mass is 9.96. The van der Waals surface area contributed by atoms with Crippen molar-refractivity contribution in [1.82, 2.24) is 4.90 Å². The summed E-state index contributed by atoms with van der Waals surface area (Å²) >= 11 is 3.47. The molecule has 2 N–H and O–H groups in total. The number of nitrogens with zero attached hydrogens (tertiary/aromatic N) is 1. The molecule has 1 aromatic carbocycles. The third kappa shape index (κ3) is 3.75. The molecule has 2 aliphatic rings. The van der Waals surface area contributed by atoms with Gasteiger partial charge in [0.25, 0.3) is 5.91 Å². The Balaban J connectivity index is 0.00000192. The minimum Gasteiger partial charge on any atom is -0.486 e. The molecule has 1 fully saturated rings. The number of rotatable bonds is 2. The van der Waals surface area contributed by atoms with Crippen LogP contribution in [0.25, 0.3) is 0 Å². The summed E-state index contributed by atoms with van der Waals surface area (Å²) in [4.78, 5) is 14.8. The molecule has 1 amide bonds. The highest BCUT2D eigenvalue weighted by molar-refractivity contribution is 9.10. The van der Waals surface area contributed by atoms with E-state index >= 15 is 0 Å². The summed E-state index contributed by atoms with van der Waals surface area (Å²) in [6.07, 6.45) is 3.12. The van der Waals surface area contributed by atoms with Gasteiger partial charge in [0.15, 0.2) is 11.5 Å². The first-order valence-electron chi connectivity index (χ1n) is 7.73. The molecule has 0 bridgehead atoms. The largest absolute Gasteiger partial charge is 0.486 e. The third-order valence-corrected chi connectivity index (χ3v) is 4.85. The molecule has 0 saturated carbocycles. The van der Waals surface area contributed by atoms with Gasteiger partial charge in [-0.25, -0.2) is 0 Å². The summed E-state index contributed by atoms with van der Waals surface area (Å²) in [5.74, 6) is 1.31. The number of carbonyl (C=O) groups excluding carboxylic acids is 1. The summed E-state index contributed by atoms with van der Waals surface area (Å²) in [5.41, 5.74) is 6.68. The van der Waals surface area contributed by atoms with Crippen molar-refractivity contribution in [3.8, 4) is 11.5 Å². The molecular weight excluding hydrogens is 384 g/mol. The Morgan fingerprint density at radius 1 is 1.35 bits per heavy atom. The molecule has 5 nitrogen and oxygen atoms in total. The number of nitrogens with two attached hydrogens (primary N) is 1. The zero-order valence-electron chi connectivity index (χ0n) is 13.1. The first-order valence-corrected chi connectivity index (χ1v) is 8.53. The zero-order chi connectivity index (χ0) is 15.7. The second-order valence-electron chi connectivity index (χ2n) is 5.90. The molecule has 1 saturated heterocycles. The fourth-order valence-electron chi connectivity index (χ4n) is 3.16. The van der Waals surface area contributed by atoms with Gasteiger partial charge in [-0.1, -0.05) is 0 Å². The Bertz CT molecular complexity index is 583. The number of amides is 1. The molecule has 7 heteroatoms. The zero-order valence-corrected chi connectivity index (χ0v) is 15.5. The normalized spacial score (nSPS) is 21.3. The maximum atomic E-state index is 12.9. The number of fused-ring (bicyclic) bond motifs is 1. The van der Waals surface area contributed by atoms with Crippen molar-refractivity contribution >= 4 is 34.2 Å². The molecule has 128 valence electrons. The fraction of sp³-hybridized carbons (Fsp3) is 0.562. The van der Waals surface area contributed by atoms with E-state index < -0.39 is 0 Å². The predicted octanol–water partition coefficient (Wildman–Crippen LogP) is 2.98. The summed E-state index contributed by atoms with van der Waals surface area (Å²) in [5, 5.41) is 0. The van der Waals surface area contributed by atoms with Crippen molar-refractivity contribution in [2.45, 2.75) is 38.3 Å². The molecule has 0 aromatic heterocycles. The van der Waals surface area contributed by atoms with Gasteiger partial charge in [0.05, 0.1) is 4.47 Å². The van der Waals surface area contributed by atoms with Crippen molar-refractivity contribution in [2.24, 2.45) is 5.73 Å². The van der Waals surface area contributed by atoms with Crippen LogP contribution in [0, 0.1) is 0 Å². The van der Waals surface area contributed by atoms with Crippen LogP contribution in [0.4, 0.5) is 0 Å². The molecule has 2 heterocycles. The highest BCUT2D eigenvalue weighted by atomic mass is 79.9. The second-order valence-corrected chi connectivity index (χ2v) is 6.76. The van der Waals surface area contributed by atoms with Gasteiger partial charge in [-0.05, 0) is 54.2 Å². The van der Waals surface area contributed by atoms with Gasteiger partial charge in [0.1, 0.15) is 13.2 Å². The van der Waals surface area contributed by atoms with Crippen molar-refractivity contribution < 1.29 is 14.3 Å². The van der Waals surface area contributed by atoms with E-state index in [0.717, 1.165) is 30.3 Å². The Hall–Kier alpha value is -0.980. The summed E-state index contributed by atoms with van der Waals surface area (Å²) in [6.45, 7) is 3.76. The fourth-order valence-corrected chi connectivity index (χ4v) is 3.71. The second kappa shape index (κ2) is 7.73. The summed E-state index contributed by atoms with van der Waals surface area (Å²) in [7, 11) is 0. The molecule has 0 aliphatic carbocycles. The van der Waals surface area contributed by atoms with Crippen LogP contribution in [0.2, 0.25) is 0 Å². The number of carbonyl (C=O) groups is 1. The quantitative estimate of drug-likeness (QED) is 0.821. The number of halogens is 2. The molecule has 0 spiro atoms. The predicted molar refractivity (Wildman–Crippen MR) is 94.7 cm³/mol. The van der Waals surface area contributed by atoms with Crippen LogP contribution >= 0.6 is 28.3 Å². The van der Waals surface area contributed by atoms with Crippen molar-refractivity contribution in [1.29, 1.82) is 0 Å². The van der Waals surface area contributed by atoms with Crippen LogP contribution in [0.1, 0.15) is 36.5 Å². The maximum Gasteiger partial charge on any atom is 0.254 e. The van der Waals surface area contributed by atoms with Crippen molar-refractivity contribution in [2.75, 3.05) is 19.8 Å². The lowest BCUT2D eigenvalue weighted by molar-refractivity contribution is 0.0582. The monoisotopic (exact) mass is 404 g/mol. The molecule has 2 aliphatic heterocycles. The van der Waals surface area contributed by atoms with Gasteiger partial charge in [-0.3, -0.25) is 4.79 Å². The molecule has 0 radical (unpaired) electrons. The van der Waals surface area contributed by atoms with E-state index in [-0.39, 0.29) is 30.4 Å². The van der Waals surface area contributed by atoms with E-state index in [1.165, 1.54) is 0 Å². The van der Waals surface area contributed by atoms with Gasteiger partial charge in [0.2, 0.25) is 0 Å². The van der Waals surface area contributed by atoms with E-state index in [1.54, 1.807) is 6.07 Å². The standard InChI is InChI=1S/C16H21BrN2O3.ClH/c1-10(18)13-4-2-3-5-19(13)16(20)11-8-12(17)15-14(9-11)21-6-7-22-15;/h8-10,13H,2-7,18H2,1H3;1H. The lowest BCUT2D eigenvalue weighted by Gasteiger charge is -2.38. The molecule has 2 unspecified atom stereocenters. The molecule has 1 aromatic rings. The highest BCUT2D eigenvalue weighted by Gasteiger charge is 2.31. The SMILES string of the molecule is CC(N)C1CCCCN1C(=O)c1cc(Br)c2c(c1)OCCO2.Cl.